The number of anilines is 3. The van der Waals surface area contributed by atoms with E-state index >= 15 is 0 Å². The Bertz CT molecular complexity index is 3440. The number of nitrogens with zero attached hydrogens (tertiary/aromatic N) is 1. The minimum atomic E-state index is 0.848. The van der Waals surface area contributed by atoms with Gasteiger partial charge in [-0.1, -0.05) is 152 Å². The summed E-state index contributed by atoms with van der Waals surface area (Å²) in [6, 6.07) is 75.8. The second-order valence-corrected chi connectivity index (χ2v) is 15.2. The summed E-state index contributed by atoms with van der Waals surface area (Å²) in [6.45, 7) is 0. The van der Waals surface area contributed by atoms with Crippen LogP contribution in [0.2, 0.25) is 0 Å². The molecular formula is C56H35NO2. The Balaban J connectivity index is 1.04. The first kappa shape index (κ1) is 33.3. The Morgan fingerprint density at radius 2 is 0.678 bits per heavy atom. The van der Waals surface area contributed by atoms with Crippen LogP contribution in [0.3, 0.4) is 0 Å². The minimum absolute atomic E-state index is 0.848. The molecule has 10 aromatic carbocycles. The van der Waals surface area contributed by atoms with E-state index in [9.17, 15) is 0 Å². The van der Waals surface area contributed by atoms with Crippen LogP contribution >= 0.6 is 0 Å². The summed E-state index contributed by atoms with van der Waals surface area (Å²) in [5.74, 6) is 0. The van der Waals surface area contributed by atoms with Crippen LogP contribution in [-0.2, 0) is 0 Å². The first-order chi connectivity index (χ1) is 29.3. The SMILES string of the molecule is c1ccc(-c2c(-c3ccccc3-c3ccc(N(c4ccc5c(c4)oc4ccccc45)c4ccc5c(c4)oc4ccccc45)cc3)c3ccccc3c3ccccc23)cc1. The molecule has 2 aromatic heterocycles. The van der Waals surface area contributed by atoms with Gasteiger partial charge >= 0.3 is 0 Å². The molecule has 0 bridgehead atoms. The van der Waals surface area contributed by atoms with Gasteiger partial charge in [-0.25, -0.2) is 0 Å². The molecule has 0 spiro atoms. The van der Waals surface area contributed by atoms with E-state index in [-0.39, 0.29) is 0 Å². The lowest BCUT2D eigenvalue weighted by molar-refractivity contribution is 0.669. The van der Waals surface area contributed by atoms with Crippen LogP contribution in [0, 0.1) is 0 Å². The second-order valence-electron chi connectivity index (χ2n) is 15.2. The maximum Gasteiger partial charge on any atom is 0.137 e. The molecule has 3 nitrogen and oxygen atoms in total. The molecule has 12 aromatic rings. The number of para-hydroxylation sites is 2. The van der Waals surface area contributed by atoms with Crippen molar-refractivity contribution in [2.45, 2.75) is 0 Å². The summed E-state index contributed by atoms with van der Waals surface area (Å²) < 4.78 is 12.8. The van der Waals surface area contributed by atoms with Crippen LogP contribution in [0.25, 0.3) is 98.8 Å². The van der Waals surface area contributed by atoms with Crippen molar-refractivity contribution in [1.29, 1.82) is 0 Å². The van der Waals surface area contributed by atoms with E-state index in [2.05, 4.69) is 193 Å². The molecule has 0 aliphatic carbocycles. The third kappa shape index (κ3) is 5.36. The smallest absolute Gasteiger partial charge is 0.137 e. The monoisotopic (exact) mass is 753 g/mol. The van der Waals surface area contributed by atoms with E-state index < -0.39 is 0 Å². The lowest BCUT2D eigenvalue weighted by atomic mass is 9.82. The van der Waals surface area contributed by atoms with Crippen molar-refractivity contribution < 1.29 is 8.83 Å². The van der Waals surface area contributed by atoms with Gasteiger partial charge in [-0.05, 0) is 103 Å². The molecule has 59 heavy (non-hydrogen) atoms. The quantitative estimate of drug-likeness (QED) is 0.158. The van der Waals surface area contributed by atoms with E-state index in [1.165, 1.54) is 49.4 Å². The summed E-state index contributed by atoms with van der Waals surface area (Å²) in [6.07, 6.45) is 0. The van der Waals surface area contributed by atoms with Gasteiger partial charge in [0, 0.05) is 50.7 Å². The molecular weight excluding hydrogens is 719 g/mol. The fraction of sp³-hybridized carbons (Fsp3) is 0. The number of fused-ring (bicyclic) bond motifs is 9. The van der Waals surface area contributed by atoms with Gasteiger partial charge < -0.3 is 13.7 Å². The molecule has 0 N–H and O–H groups in total. The lowest BCUT2D eigenvalue weighted by Gasteiger charge is -2.26. The molecule has 0 radical (unpaired) electrons. The van der Waals surface area contributed by atoms with Crippen molar-refractivity contribution in [2.75, 3.05) is 4.90 Å². The van der Waals surface area contributed by atoms with Crippen molar-refractivity contribution >= 4 is 82.5 Å². The molecule has 0 aliphatic heterocycles. The largest absolute Gasteiger partial charge is 0.456 e. The van der Waals surface area contributed by atoms with E-state index in [0.717, 1.165) is 66.5 Å². The predicted octanol–water partition coefficient (Wildman–Crippen LogP) is 16.3. The van der Waals surface area contributed by atoms with E-state index in [0.29, 0.717) is 0 Å². The summed E-state index contributed by atoms with van der Waals surface area (Å²) in [4.78, 5) is 2.29. The molecule has 276 valence electrons. The van der Waals surface area contributed by atoms with Gasteiger partial charge in [0.2, 0.25) is 0 Å². The van der Waals surface area contributed by atoms with Crippen molar-refractivity contribution in [2.24, 2.45) is 0 Å². The van der Waals surface area contributed by atoms with Gasteiger partial charge in [0.15, 0.2) is 0 Å². The molecule has 12 rings (SSSR count). The first-order valence-corrected chi connectivity index (χ1v) is 20.1. The molecule has 0 atom stereocenters. The molecule has 0 aliphatic rings. The first-order valence-electron chi connectivity index (χ1n) is 20.1. The number of rotatable bonds is 6. The third-order valence-electron chi connectivity index (χ3n) is 11.9. The standard InChI is InChI=1S/C56H35NO2/c1-2-14-37(15-3-1)55-49-22-8-5-17-42(49)43-18-6-9-23-50(43)56(55)48-21-7-4-16-41(48)36-26-28-38(29-27-36)57(39-30-32-46-44-19-10-12-24-51(44)58-53(46)34-39)40-31-33-47-45-20-11-13-25-52(45)59-54(47)35-40/h1-35H. The topological polar surface area (TPSA) is 29.5 Å². The fourth-order valence-electron chi connectivity index (χ4n) is 9.22. The van der Waals surface area contributed by atoms with E-state index in [1.54, 1.807) is 0 Å². The van der Waals surface area contributed by atoms with Crippen LogP contribution < -0.4 is 4.90 Å². The highest BCUT2D eigenvalue weighted by atomic mass is 16.3. The lowest BCUT2D eigenvalue weighted by Crippen LogP contribution is -2.09. The highest BCUT2D eigenvalue weighted by Crippen LogP contribution is 2.48. The molecule has 2 heterocycles. The van der Waals surface area contributed by atoms with E-state index in [4.69, 9.17) is 8.83 Å². The Hall–Kier alpha value is -7.88. The average Bonchev–Trinajstić information content (AvgIpc) is 3.87. The molecule has 3 heteroatoms. The van der Waals surface area contributed by atoms with Crippen molar-refractivity contribution in [3.8, 4) is 33.4 Å². The number of furan rings is 2. The highest BCUT2D eigenvalue weighted by Gasteiger charge is 2.21. The van der Waals surface area contributed by atoms with Gasteiger partial charge in [0.1, 0.15) is 22.3 Å². The Kier molecular flexibility index (Phi) is 7.54. The average molecular weight is 754 g/mol. The normalized spacial score (nSPS) is 11.7. The fourth-order valence-corrected chi connectivity index (χ4v) is 9.22. The van der Waals surface area contributed by atoms with Crippen LogP contribution in [0.15, 0.2) is 221 Å². The number of hydrogen-bond donors (Lipinski definition) is 0. The highest BCUT2D eigenvalue weighted by molar-refractivity contribution is 6.22. The van der Waals surface area contributed by atoms with Gasteiger partial charge in [-0.3, -0.25) is 0 Å². The van der Waals surface area contributed by atoms with Crippen LogP contribution in [0.4, 0.5) is 17.1 Å². The summed E-state index contributed by atoms with van der Waals surface area (Å²) in [5.41, 5.74) is 13.7. The zero-order valence-corrected chi connectivity index (χ0v) is 32.0. The van der Waals surface area contributed by atoms with Crippen LogP contribution in [-0.4, -0.2) is 0 Å². The molecule has 0 unspecified atom stereocenters. The molecule has 0 saturated carbocycles. The molecule has 0 saturated heterocycles. The summed E-state index contributed by atoms with van der Waals surface area (Å²) >= 11 is 0. The van der Waals surface area contributed by atoms with Gasteiger partial charge in [-0.2, -0.15) is 0 Å². The Morgan fingerprint density at radius 1 is 0.254 bits per heavy atom. The van der Waals surface area contributed by atoms with E-state index in [1.807, 2.05) is 24.3 Å². The predicted molar refractivity (Wildman–Crippen MR) is 247 cm³/mol. The second kappa shape index (κ2) is 13.4. The van der Waals surface area contributed by atoms with Crippen LogP contribution in [0.1, 0.15) is 0 Å². The minimum Gasteiger partial charge on any atom is -0.456 e. The molecule has 0 amide bonds. The van der Waals surface area contributed by atoms with Gasteiger partial charge in [0.25, 0.3) is 0 Å². The maximum atomic E-state index is 6.41. The Morgan fingerprint density at radius 3 is 1.25 bits per heavy atom. The Labute approximate surface area is 340 Å². The van der Waals surface area contributed by atoms with Crippen molar-refractivity contribution in [3.05, 3.63) is 212 Å². The zero-order valence-electron chi connectivity index (χ0n) is 32.0. The third-order valence-corrected chi connectivity index (χ3v) is 11.9. The molecule has 0 fully saturated rings. The summed E-state index contributed by atoms with van der Waals surface area (Å²) in [7, 11) is 0. The number of hydrogen-bond acceptors (Lipinski definition) is 3. The maximum absolute atomic E-state index is 6.41. The summed E-state index contributed by atoms with van der Waals surface area (Å²) in [5, 5.41) is 9.41. The van der Waals surface area contributed by atoms with Gasteiger partial charge in [-0.15, -0.1) is 0 Å². The van der Waals surface area contributed by atoms with Crippen molar-refractivity contribution in [3.63, 3.8) is 0 Å². The number of benzene rings is 10. The zero-order chi connectivity index (χ0) is 38.9. The van der Waals surface area contributed by atoms with Crippen molar-refractivity contribution in [1.82, 2.24) is 0 Å². The van der Waals surface area contributed by atoms with Crippen LogP contribution in [0.5, 0.6) is 0 Å². The van der Waals surface area contributed by atoms with Gasteiger partial charge in [0.05, 0.1) is 0 Å².